The first-order chi connectivity index (χ1) is 15.7. The van der Waals surface area contributed by atoms with Gasteiger partial charge in [0.1, 0.15) is 11.5 Å². The molecule has 1 aliphatic heterocycles. The number of anilines is 2. The van der Waals surface area contributed by atoms with E-state index in [0.717, 1.165) is 46.2 Å². The first kappa shape index (κ1) is 17.7. The zero-order chi connectivity index (χ0) is 21.4. The third-order valence-electron chi connectivity index (χ3n) is 6.67. The lowest BCUT2D eigenvalue weighted by atomic mass is 10.1. The van der Waals surface area contributed by atoms with Gasteiger partial charge in [-0.15, -0.1) is 0 Å². The monoisotopic (exact) mass is 424 g/mol. The minimum atomic E-state index is 0.250. The van der Waals surface area contributed by atoms with Crippen molar-refractivity contribution in [2.75, 3.05) is 23.7 Å². The average Bonchev–Trinajstić information content (AvgIpc) is 3.16. The molecule has 2 fully saturated rings. The number of ether oxygens (including phenoxy) is 1. The zero-order valence-electron chi connectivity index (χ0n) is 17.1. The second-order valence-corrected chi connectivity index (χ2v) is 8.57. The van der Waals surface area contributed by atoms with Gasteiger partial charge in [-0.1, -0.05) is 12.1 Å². The number of benzene rings is 1. The van der Waals surface area contributed by atoms with Crippen LogP contribution in [0, 0.1) is 11.8 Å². The second-order valence-electron chi connectivity index (χ2n) is 8.57. The van der Waals surface area contributed by atoms with Crippen LogP contribution in [0.1, 0.15) is 0 Å². The molecule has 1 aromatic carbocycles. The number of fused-ring (bicyclic) bond motifs is 5. The molecule has 1 saturated carbocycles. The van der Waals surface area contributed by atoms with Crippen LogP contribution in [-0.4, -0.2) is 44.1 Å². The van der Waals surface area contributed by atoms with E-state index < -0.39 is 0 Å². The third kappa shape index (κ3) is 2.54. The Hall–Kier alpha value is -3.98. The van der Waals surface area contributed by atoms with Crippen molar-refractivity contribution in [1.82, 2.24) is 24.9 Å². The largest absolute Gasteiger partial charge is 0.422 e. The molecule has 5 heterocycles. The number of para-hydroxylation sites is 1. The van der Waals surface area contributed by atoms with E-state index in [1.807, 2.05) is 36.4 Å². The minimum Gasteiger partial charge on any atom is -0.422 e. The highest BCUT2D eigenvalue weighted by Gasteiger charge is 2.54. The Morgan fingerprint density at radius 3 is 2.78 bits per heavy atom. The number of aromatic amines is 1. The number of piperidine rings is 1. The van der Waals surface area contributed by atoms with Crippen LogP contribution in [-0.2, 0) is 0 Å². The number of aromatic nitrogens is 5. The van der Waals surface area contributed by atoms with E-state index in [1.165, 1.54) is 0 Å². The molecule has 0 radical (unpaired) electrons. The number of rotatable bonds is 3. The number of nitrogen functional groups attached to an aromatic ring is 1. The Kier molecular flexibility index (Phi) is 3.46. The standard InChI is InChI=1S/C23H20N8O/c24-15-4-1-3-12-18-21(28-20(12)15)29-23(30-22(18)31-9-13-14(10-31)19(13)25)32-11-7-17-16(27-8-11)5-2-6-26-17/h1-8,13-14,19H,9-10,24-25H2,(H,28,29,30). The summed E-state index contributed by atoms with van der Waals surface area (Å²) in [4.78, 5) is 23.9. The summed E-state index contributed by atoms with van der Waals surface area (Å²) in [5.41, 5.74) is 16.2. The van der Waals surface area contributed by atoms with E-state index in [2.05, 4.69) is 24.8 Å². The van der Waals surface area contributed by atoms with Crippen LogP contribution < -0.4 is 21.1 Å². The SMILES string of the molecule is Nc1cccc2c1[nH]c1nc(Oc3cnc4cccnc4c3)nc(N3CC4C(N)C4C3)c12. The maximum absolute atomic E-state index is 6.23. The van der Waals surface area contributed by atoms with Gasteiger partial charge in [-0.25, -0.2) is 0 Å². The van der Waals surface area contributed by atoms with Gasteiger partial charge in [-0.2, -0.15) is 9.97 Å². The smallest absolute Gasteiger partial charge is 0.326 e. The number of hydrogen-bond donors (Lipinski definition) is 3. The molecule has 9 nitrogen and oxygen atoms in total. The number of hydrogen-bond acceptors (Lipinski definition) is 8. The highest BCUT2D eigenvalue weighted by molar-refractivity contribution is 6.14. The van der Waals surface area contributed by atoms with Crippen molar-refractivity contribution in [2.45, 2.75) is 6.04 Å². The van der Waals surface area contributed by atoms with E-state index in [0.29, 0.717) is 35.0 Å². The normalized spacial score (nSPS) is 22.0. The molecule has 9 heteroatoms. The van der Waals surface area contributed by atoms with Gasteiger partial charge in [-0.05, 0) is 30.0 Å². The molecule has 2 atom stereocenters. The Balaban J connectivity index is 1.37. The summed E-state index contributed by atoms with van der Waals surface area (Å²) in [5.74, 6) is 2.42. The highest BCUT2D eigenvalue weighted by atomic mass is 16.5. The average molecular weight is 424 g/mol. The molecule has 2 aliphatic rings. The van der Waals surface area contributed by atoms with Gasteiger partial charge in [0.05, 0.1) is 33.8 Å². The molecular weight excluding hydrogens is 404 g/mol. The number of nitrogens with zero attached hydrogens (tertiary/aromatic N) is 5. The van der Waals surface area contributed by atoms with E-state index >= 15 is 0 Å². The summed E-state index contributed by atoms with van der Waals surface area (Å²) >= 11 is 0. The van der Waals surface area contributed by atoms with Crippen molar-refractivity contribution >= 4 is 44.5 Å². The van der Waals surface area contributed by atoms with Gasteiger partial charge in [0.25, 0.3) is 0 Å². The van der Waals surface area contributed by atoms with Crippen LogP contribution in [0.25, 0.3) is 33.0 Å². The molecular formula is C23H20N8O. The summed E-state index contributed by atoms with van der Waals surface area (Å²) in [6.45, 7) is 1.77. The van der Waals surface area contributed by atoms with E-state index in [1.54, 1.807) is 12.4 Å². The Morgan fingerprint density at radius 2 is 1.91 bits per heavy atom. The molecule has 7 rings (SSSR count). The number of H-pyrrole nitrogens is 1. The van der Waals surface area contributed by atoms with Crippen molar-refractivity contribution in [3.8, 4) is 11.8 Å². The summed E-state index contributed by atoms with van der Waals surface area (Å²) in [6, 6.07) is 12.0. The Bertz CT molecular complexity index is 1520. The fourth-order valence-corrected chi connectivity index (χ4v) is 4.92. The van der Waals surface area contributed by atoms with E-state index in [4.69, 9.17) is 21.2 Å². The van der Waals surface area contributed by atoms with Crippen molar-refractivity contribution in [2.24, 2.45) is 17.6 Å². The molecule has 5 N–H and O–H groups in total. The van der Waals surface area contributed by atoms with Crippen molar-refractivity contribution in [1.29, 1.82) is 0 Å². The summed E-state index contributed by atoms with van der Waals surface area (Å²) in [6.07, 6.45) is 3.39. The second kappa shape index (κ2) is 6.27. The van der Waals surface area contributed by atoms with Crippen LogP contribution in [0.4, 0.5) is 11.5 Å². The van der Waals surface area contributed by atoms with Gasteiger partial charge in [0.2, 0.25) is 0 Å². The molecule has 5 aromatic rings. The number of nitrogens with two attached hydrogens (primary N) is 2. The molecule has 32 heavy (non-hydrogen) atoms. The topological polar surface area (TPSA) is 132 Å². The molecule has 158 valence electrons. The molecule has 2 unspecified atom stereocenters. The van der Waals surface area contributed by atoms with Crippen molar-refractivity contribution in [3.63, 3.8) is 0 Å². The lowest BCUT2D eigenvalue weighted by Crippen LogP contribution is -2.29. The Morgan fingerprint density at radius 1 is 1.03 bits per heavy atom. The van der Waals surface area contributed by atoms with E-state index in [-0.39, 0.29) is 6.01 Å². The first-order valence-electron chi connectivity index (χ1n) is 10.6. The van der Waals surface area contributed by atoms with E-state index in [9.17, 15) is 0 Å². The lowest BCUT2D eigenvalue weighted by Gasteiger charge is -2.21. The van der Waals surface area contributed by atoms with Crippen LogP contribution in [0.3, 0.4) is 0 Å². The fourth-order valence-electron chi connectivity index (χ4n) is 4.92. The van der Waals surface area contributed by atoms with Crippen LogP contribution in [0.2, 0.25) is 0 Å². The molecule has 4 aromatic heterocycles. The highest BCUT2D eigenvalue weighted by Crippen LogP contribution is 2.47. The number of pyridine rings is 2. The Labute approximate surface area is 182 Å². The minimum absolute atomic E-state index is 0.250. The van der Waals surface area contributed by atoms with Gasteiger partial charge in [0, 0.05) is 36.8 Å². The van der Waals surface area contributed by atoms with Crippen molar-refractivity contribution < 1.29 is 4.74 Å². The van der Waals surface area contributed by atoms with Crippen LogP contribution in [0.15, 0.2) is 48.8 Å². The van der Waals surface area contributed by atoms with Crippen LogP contribution >= 0.6 is 0 Å². The summed E-state index contributed by atoms with van der Waals surface area (Å²) in [5, 5.41) is 1.95. The van der Waals surface area contributed by atoms with Gasteiger partial charge in [0.15, 0.2) is 5.75 Å². The zero-order valence-corrected chi connectivity index (χ0v) is 17.1. The molecule has 0 bridgehead atoms. The predicted octanol–water partition coefficient (Wildman–Crippen LogP) is 2.82. The quantitative estimate of drug-likeness (QED) is 0.377. The van der Waals surface area contributed by atoms with Crippen LogP contribution in [0.5, 0.6) is 11.8 Å². The number of nitrogens with one attached hydrogen (secondary N) is 1. The maximum atomic E-state index is 6.23. The predicted molar refractivity (Wildman–Crippen MR) is 123 cm³/mol. The molecule has 0 spiro atoms. The first-order valence-corrected chi connectivity index (χ1v) is 10.6. The molecule has 1 saturated heterocycles. The van der Waals surface area contributed by atoms with Crippen molar-refractivity contribution in [3.05, 3.63) is 48.8 Å². The molecule has 0 amide bonds. The maximum Gasteiger partial charge on any atom is 0.326 e. The lowest BCUT2D eigenvalue weighted by molar-refractivity contribution is 0.442. The van der Waals surface area contributed by atoms with Gasteiger partial charge < -0.3 is 26.1 Å². The third-order valence-corrected chi connectivity index (χ3v) is 6.67. The van der Waals surface area contributed by atoms with Gasteiger partial charge >= 0.3 is 6.01 Å². The summed E-state index contributed by atoms with van der Waals surface area (Å²) in [7, 11) is 0. The van der Waals surface area contributed by atoms with Gasteiger partial charge in [-0.3, -0.25) is 9.97 Å². The summed E-state index contributed by atoms with van der Waals surface area (Å²) < 4.78 is 6.05. The molecule has 1 aliphatic carbocycles. The fraction of sp³-hybridized carbons (Fsp3) is 0.217.